The van der Waals surface area contributed by atoms with Crippen molar-refractivity contribution < 1.29 is 9.47 Å². The van der Waals surface area contributed by atoms with E-state index in [4.69, 9.17) is 9.47 Å². The first-order chi connectivity index (χ1) is 9.48. The Morgan fingerprint density at radius 2 is 2.05 bits per heavy atom. The van der Waals surface area contributed by atoms with Crippen molar-refractivity contribution in [1.82, 2.24) is 9.55 Å². The van der Waals surface area contributed by atoms with E-state index in [9.17, 15) is 0 Å². The van der Waals surface area contributed by atoms with Crippen LogP contribution in [-0.2, 0) is 16.0 Å². The third-order valence-corrected chi connectivity index (χ3v) is 3.00. The molecule has 0 amide bonds. The molecule has 1 N–H and O–H groups in total. The molecule has 5 nitrogen and oxygen atoms in total. The number of nitrogens with zero attached hydrogens (tertiary/aromatic N) is 2. The summed E-state index contributed by atoms with van der Waals surface area (Å²) in [7, 11) is 0. The Hall–Kier alpha value is -1.07. The van der Waals surface area contributed by atoms with E-state index in [0.29, 0.717) is 0 Å². The summed E-state index contributed by atoms with van der Waals surface area (Å²) in [5, 5.41) is 3.39. The Morgan fingerprint density at radius 1 is 1.30 bits per heavy atom. The van der Waals surface area contributed by atoms with E-state index in [0.717, 1.165) is 51.0 Å². The number of nitrogens with one attached hydrogen (secondary N) is 1. The van der Waals surface area contributed by atoms with Crippen LogP contribution in [-0.4, -0.2) is 41.5 Å². The molecule has 1 aromatic heterocycles. The molecule has 0 aliphatic carbocycles. The van der Waals surface area contributed by atoms with E-state index in [-0.39, 0.29) is 5.60 Å². The van der Waals surface area contributed by atoms with Crippen molar-refractivity contribution >= 4 is 5.95 Å². The van der Waals surface area contributed by atoms with Crippen molar-refractivity contribution in [1.29, 1.82) is 0 Å². The maximum absolute atomic E-state index is 5.69. The number of ether oxygens (including phenoxy) is 2. The summed E-state index contributed by atoms with van der Waals surface area (Å²) < 4.78 is 13.2. The first kappa shape index (κ1) is 17.0. The Labute approximate surface area is 122 Å². The lowest BCUT2D eigenvalue weighted by molar-refractivity contribution is 0.000534. The highest BCUT2D eigenvalue weighted by Gasteiger charge is 2.18. The minimum absolute atomic E-state index is 0.190. The maximum Gasteiger partial charge on any atom is 0.203 e. The van der Waals surface area contributed by atoms with Crippen molar-refractivity contribution in [2.24, 2.45) is 0 Å². The Balaban J connectivity index is 2.52. The van der Waals surface area contributed by atoms with Crippen LogP contribution in [0.1, 0.15) is 39.8 Å². The van der Waals surface area contributed by atoms with Gasteiger partial charge in [-0.15, -0.1) is 0 Å². The minimum Gasteiger partial charge on any atom is -0.382 e. The van der Waals surface area contributed by atoms with Crippen LogP contribution < -0.4 is 5.32 Å². The monoisotopic (exact) mass is 283 g/mol. The fraction of sp³-hybridized carbons (Fsp3) is 0.800. The predicted molar refractivity (Wildman–Crippen MR) is 82.3 cm³/mol. The van der Waals surface area contributed by atoms with Crippen molar-refractivity contribution in [3.63, 3.8) is 0 Å². The molecule has 0 aliphatic rings. The van der Waals surface area contributed by atoms with Gasteiger partial charge in [-0.3, -0.25) is 0 Å². The van der Waals surface area contributed by atoms with Gasteiger partial charge in [-0.05, 0) is 41.0 Å². The summed E-state index contributed by atoms with van der Waals surface area (Å²) in [6, 6.07) is 0. The van der Waals surface area contributed by atoms with Gasteiger partial charge in [-0.25, -0.2) is 4.98 Å². The summed E-state index contributed by atoms with van der Waals surface area (Å²) in [5.74, 6) is 0.909. The average molecular weight is 283 g/mol. The second-order valence-electron chi connectivity index (χ2n) is 5.50. The van der Waals surface area contributed by atoms with E-state index < -0.39 is 0 Å². The topological polar surface area (TPSA) is 48.3 Å². The number of aromatic nitrogens is 2. The van der Waals surface area contributed by atoms with Gasteiger partial charge in [0, 0.05) is 39.1 Å². The summed E-state index contributed by atoms with van der Waals surface area (Å²) in [6.45, 7) is 14.1. The first-order valence-electron chi connectivity index (χ1n) is 7.48. The van der Waals surface area contributed by atoms with Crippen molar-refractivity contribution in [2.75, 3.05) is 31.7 Å². The summed E-state index contributed by atoms with van der Waals surface area (Å²) in [4.78, 5) is 4.53. The number of rotatable bonds is 10. The quantitative estimate of drug-likeness (QED) is 0.671. The molecule has 0 bridgehead atoms. The molecule has 0 aliphatic heterocycles. The van der Waals surface area contributed by atoms with Gasteiger partial charge < -0.3 is 19.4 Å². The lowest BCUT2D eigenvalue weighted by Gasteiger charge is -2.25. The molecular formula is C15H29N3O2. The molecule has 0 radical (unpaired) electrons. The van der Waals surface area contributed by atoms with Gasteiger partial charge in [-0.2, -0.15) is 0 Å². The number of anilines is 1. The lowest BCUT2D eigenvalue weighted by atomic mass is 10.1. The maximum atomic E-state index is 5.69. The van der Waals surface area contributed by atoms with E-state index >= 15 is 0 Å². The van der Waals surface area contributed by atoms with Gasteiger partial charge in [0.25, 0.3) is 0 Å². The third-order valence-electron chi connectivity index (χ3n) is 3.00. The molecule has 116 valence electrons. The lowest BCUT2D eigenvalue weighted by Crippen LogP contribution is -2.34. The second-order valence-corrected chi connectivity index (χ2v) is 5.50. The van der Waals surface area contributed by atoms with Crippen LogP contribution in [0.25, 0.3) is 0 Å². The molecule has 0 saturated heterocycles. The largest absolute Gasteiger partial charge is 0.382 e. The smallest absolute Gasteiger partial charge is 0.203 e. The fourth-order valence-electron chi connectivity index (χ4n) is 2.07. The molecule has 0 atom stereocenters. The van der Waals surface area contributed by atoms with E-state index in [1.165, 1.54) is 0 Å². The molecule has 0 spiro atoms. The Morgan fingerprint density at radius 3 is 2.70 bits per heavy atom. The van der Waals surface area contributed by atoms with Gasteiger partial charge in [0.05, 0.1) is 11.3 Å². The van der Waals surface area contributed by atoms with Crippen molar-refractivity contribution in [3.05, 3.63) is 11.9 Å². The third kappa shape index (κ3) is 5.92. The average Bonchev–Trinajstić information content (AvgIpc) is 2.73. The molecule has 1 rings (SSSR count). The van der Waals surface area contributed by atoms with Crippen LogP contribution in [0.3, 0.4) is 0 Å². The minimum atomic E-state index is -0.190. The van der Waals surface area contributed by atoms with E-state index in [2.05, 4.69) is 34.9 Å². The number of imidazole rings is 1. The van der Waals surface area contributed by atoms with Crippen LogP contribution in [0.2, 0.25) is 0 Å². The number of aryl methyl sites for hydroxylation is 2. The zero-order valence-electron chi connectivity index (χ0n) is 13.5. The standard InChI is InChI=1S/C15H29N3O2/c1-6-19-10-8-9-18-11-13(3)17-14(18)16-12-15(4,5)20-7-2/h11H,6-10,12H2,1-5H3,(H,16,17). The van der Waals surface area contributed by atoms with Gasteiger partial charge in [0.2, 0.25) is 5.95 Å². The van der Waals surface area contributed by atoms with Crippen LogP contribution >= 0.6 is 0 Å². The highest BCUT2D eigenvalue weighted by atomic mass is 16.5. The summed E-state index contributed by atoms with van der Waals surface area (Å²) in [6.07, 6.45) is 3.06. The zero-order chi connectivity index (χ0) is 15.0. The van der Waals surface area contributed by atoms with E-state index in [1.54, 1.807) is 0 Å². The molecule has 0 aromatic carbocycles. The van der Waals surface area contributed by atoms with Crippen molar-refractivity contribution in [3.8, 4) is 0 Å². The van der Waals surface area contributed by atoms with Crippen LogP contribution in [0, 0.1) is 6.92 Å². The highest BCUT2D eigenvalue weighted by Crippen LogP contribution is 2.13. The second kappa shape index (κ2) is 8.27. The Kier molecular flexibility index (Phi) is 7.02. The first-order valence-corrected chi connectivity index (χ1v) is 7.48. The van der Waals surface area contributed by atoms with Gasteiger partial charge in [0.15, 0.2) is 0 Å². The number of hydrogen-bond acceptors (Lipinski definition) is 4. The molecule has 1 aromatic rings. The highest BCUT2D eigenvalue weighted by molar-refractivity contribution is 5.29. The molecule has 0 saturated carbocycles. The fourth-order valence-corrected chi connectivity index (χ4v) is 2.07. The Bertz CT molecular complexity index is 388. The normalized spacial score (nSPS) is 11.8. The molecular weight excluding hydrogens is 254 g/mol. The van der Waals surface area contributed by atoms with Gasteiger partial charge in [-0.1, -0.05) is 0 Å². The zero-order valence-corrected chi connectivity index (χ0v) is 13.5. The number of hydrogen-bond donors (Lipinski definition) is 1. The SMILES string of the molecule is CCOCCCn1cc(C)nc1NCC(C)(C)OCC. The van der Waals surface area contributed by atoms with Crippen molar-refractivity contribution in [2.45, 2.75) is 53.2 Å². The molecule has 1 heterocycles. The van der Waals surface area contributed by atoms with E-state index in [1.807, 2.05) is 20.8 Å². The summed E-state index contributed by atoms with van der Waals surface area (Å²) >= 11 is 0. The van der Waals surface area contributed by atoms with Crippen LogP contribution in [0.5, 0.6) is 0 Å². The molecule has 20 heavy (non-hydrogen) atoms. The van der Waals surface area contributed by atoms with Crippen LogP contribution in [0.4, 0.5) is 5.95 Å². The predicted octanol–water partition coefficient (Wildman–Crippen LogP) is 2.85. The molecule has 5 heteroatoms. The molecule has 0 unspecified atom stereocenters. The summed E-state index contributed by atoms with van der Waals surface area (Å²) in [5.41, 5.74) is 0.836. The van der Waals surface area contributed by atoms with Crippen LogP contribution in [0.15, 0.2) is 6.20 Å². The van der Waals surface area contributed by atoms with Gasteiger partial charge >= 0.3 is 0 Å². The van der Waals surface area contributed by atoms with Gasteiger partial charge in [0.1, 0.15) is 0 Å². The molecule has 0 fully saturated rings.